The van der Waals surface area contributed by atoms with Crippen LogP contribution >= 0.6 is 11.8 Å². The van der Waals surface area contributed by atoms with Gasteiger partial charge in [-0.05, 0) is 25.5 Å². The van der Waals surface area contributed by atoms with Crippen molar-refractivity contribution < 1.29 is 4.79 Å². The lowest BCUT2D eigenvalue weighted by molar-refractivity contribution is -0.131. The van der Waals surface area contributed by atoms with Gasteiger partial charge in [0.05, 0.1) is 17.7 Å². The van der Waals surface area contributed by atoms with Crippen molar-refractivity contribution in [3.8, 4) is 6.07 Å². The first kappa shape index (κ1) is 11.4. The number of hydrogen-bond donors (Lipinski definition) is 0. The summed E-state index contributed by atoms with van der Waals surface area (Å²) in [5.74, 6) is 1.28. The molecule has 1 rings (SSSR count). The molecule has 0 spiro atoms. The van der Waals surface area contributed by atoms with Gasteiger partial charge in [-0.25, -0.2) is 0 Å². The highest BCUT2D eigenvalue weighted by Gasteiger charge is 2.27. The van der Waals surface area contributed by atoms with Crippen LogP contribution < -0.4 is 0 Å². The Kier molecular flexibility index (Phi) is 4.27. The predicted molar refractivity (Wildman–Crippen MR) is 57.9 cm³/mol. The molecular weight excluding hydrogens is 196 g/mol. The van der Waals surface area contributed by atoms with Gasteiger partial charge >= 0.3 is 0 Å². The van der Waals surface area contributed by atoms with Gasteiger partial charge in [0.25, 0.3) is 0 Å². The van der Waals surface area contributed by atoms with E-state index < -0.39 is 0 Å². The maximum Gasteiger partial charge on any atom is 0.235 e. The smallest absolute Gasteiger partial charge is 0.235 e. The third-order valence-electron chi connectivity index (χ3n) is 2.60. The fourth-order valence-corrected chi connectivity index (χ4v) is 2.75. The number of nitrogens with zero attached hydrogens (tertiary/aromatic N) is 2. The molecule has 0 saturated carbocycles. The number of amides is 1. The van der Waals surface area contributed by atoms with E-state index >= 15 is 0 Å². The van der Waals surface area contributed by atoms with Crippen LogP contribution in [0.1, 0.15) is 26.2 Å². The largest absolute Gasteiger partial charge is 0.341 e. The van der Waals surface area contributed by atoms with Crippen molar-refractivity contribution >= 4 is 17.7 Å². The molecule has 1 aliphatic heterocycles. The second-order valence-corrected chi connectivity index (χ2v) is 4.97. The molecule has 2 unspecified atom stereocenters. The molecule has 0 aliphatic carbocycles. The quantitative estimate of drug-likeness (QED) is 0.714. The molecule has 4 heteroatoms. The standard InChI is InChI=1S/C10H16N2OS/c1-8(5-6-11)12(2)10(13)9-4-3-7-14-9/h8-9H,3-5,7H2,1-2H3. The van der Waals surface area contributed by atoms with Gasteiger partial charge in [0.1, 0.15) is 0 Å². The summed E-state index contributed by atoms with van der Waals surface area (Å²) in [6, 6.07) is 2.13. The average molecular weight is 212 g/mol. The molecule has 3 nitrogen and oxygen atoms in total. The molecule has 0 aromatic heterocycles. The van der Waals surface area contributed by atoms with E-state index in [1.165, 1.54) is 0 Å². The van der Waals surface area contributed by atoms with Gasteiger partial charge < -0.3 is 4.90 Å². The molecule has 1 heterocycles. The summed E-state index contributed by atoms with van der Waals surface area (Å²) in [6.07, 6.45) is 2.55. The van der Waals surface area contributed by atoms with E-state index in [4.69, 9.17) is 5.26 Å². The van der Waals surface area contributed by atoms with Gasteiger partial charge in [0.15, 0.2) is 0 Å². The van der Waals surface area contributed by atoms with Gasteiger partial charge in [-0.15, -0.1) is 11.8 Å². The Bertz CT molecular complexity index is 243. The highest BCUT2D eigenvalue weighted by molar-refractivity contribution is 8.00. The van der Waals surface area contributed by atoms with E-state index in [9.17, 15) is 4.79 Å². The molecule has 1 aliphatic rings. The Hall–Kier alpha value is -0.690. The van der Waals surface area contributed by atoms with Crippen LogP contribution in [0.4, 0.5) is 0 Å². The molecule has 0 radical (unpaired) electrons. The van der Waals surface area contributed by atoms with Gasteiger partial charge in [-0.2, -0.15) is 5.26 Å². The first-order valence-corrected chi connectivity index (χ1v) is 5.97. The van der Waals surface area contributed by atoms with Crippen LogP contribution in [0.5, 0.6) is 0 Å². The Morgan fingerprint density at radius 1 is 1.79 bits per heavy atom. The SMILES string of the molecule is CC(CC#N)N(C)C(=O)C1CCCS1. The minimum Gasteiger partial charge on any atom is -0.341 e. The molecule has 0 aromatic carbocycles. The molecule has 78 valence electrons. The number of thioether (sulfide) groups is 1. The number of hydrogen-bond acceptors (Lipinski definition) is 3. The molecule has 0 aromatic rings. The Balaban J connectivity index is 2.47. The van der Waals surface area contributed by atoms with Crippen molar-refractivity contribution in [3.05, 3.63) is 0 Å². The molecule has 0 bridgehead atoms. The van der Waals surface area contributed by atoms with Gasteiger partial charge in [-0.3, -0.25) is 4.79 Å². The van der Waals surface area contributed by atoms with Crippen molar-refractivity contribution in [2.75, 3.05) is 12.8 Å². The summed E-state index contributed by atoms with van der Waals surface area (Å²) in [5.41, 5.74) is 0. The minimum atomic E-state index is 0.0358. The van der Waals surface area contributed by atoms with Gasteiger partial charge in [0.2, 0.25) is 5.91 Å². The third-order valence-corrected chi connectivity index (χ3v) is 3.96. The molecule has 1 saturated heterocycles. The maximum absolute atomic E-state index is 11.9. The third kappa shape index (κ3) is 2.65. The average Bonchev–Trinajstić information content (AvgIpc) is 2.68. The zero-order valence-corrected chi connectivity index (χ0v) is 9.51. The topological polar surface area (TPSA) is 44.1 Å². The second-order valence-electron chi connectivity index (χ2n) is 3.66. The van der Waals surface area contributed by atoms with Crippen molar-refractivity contribution in [2.24, 2.45) is 0 Å². The van der Waals surface area contributed by atoms with Crippen LogP contribution in [0.3, 0.4) is 0 Å². The highest BCUT2D eigenvalue weighted by Crippen LogP contribution is 2.27. The molecule has 2 atom stereocenters. The summed E-state index contributed by atoms with van der Waals surface area (Å²) in [6.45, 7) is 1.92. The summed E-state index contributed by atoms with van der Waals surface area (Å²) < 4.78 is 0. The van der Waals surface area contributed by atoms with E-state index in [-0.39, 0.29) is 17.2 Å². The van der Waals surface area contributed by atoms with E-state index in [0.29, 0.717) is 6.42 Å². The Morgan fingerprint density at radius 3 is 3.00 bits per heavy atom. The van der Waals surface area contributed by atoms with E-state index in [1.54, 1.807) is 23.7 Å². The lowest BCUT2D eigenvalue weighted by Crippen LogP contribution is -2.39. The van der Waals surface area contributed by atoms with Crippen molar-refractivity contribution in [3.63, 3.8) is 0 Å². The number of rotatable bonds is 3. The van der Waals surface area contributed by atoms with Crippen molar-refractivity contribution in [1.29, 1.82) is 5.26 Å². The number of nitriles is 1. The van der Waals surface area contributed by atoms with Gasteiger partial charge in [-0.1, -0.05) is 0 Å². The lowest BCUT2D eigenvalue weighted by Gasteiger charge is -2.25. The molecule has 14 heavy (non-hydrogen) atoms. The first-order chi connectivity index (χ1) is 6.66. The Morgan fingerprint density at radius 2 is 2.50 bits per heavy atom. The monoisotopic (exact) mass is 212 g/mol. The summed E-state index contributed by atoms with van der Waals surface area (Å²) in [7, 11) is 1.79. The Labute approximate surface area is 89.5 Å². The molecule has 1 fully saturated rings. The maximum atomic E-state index is 11.9. The second kappa shape index (κ2) is 5.26. The van der Waals surface area contributed by atoms with Crippen LogP contribution in [0.25, 0.3) is 0 Å². The van der Waals surface area contributed by atoms with E-state index in [1.807, 2.05) is 6.92 Å². The van der Waals surface area contributed by atoms with Crippen molar-refractivity contribution in [2.45, 2.75) is 37.5 Å². The molecular formula is C10H16N2OS. The van der Waals surface area contributed by atoms with Gasteiger partial charge in [0, 0.05) is 13.1 Å². The summed E-state index contributed by atoms with van der Waals surface area (Å²) in [4.78, 5) is 13.6. The molecule has 1 amide bonds. The summed E-state index contributed by atoms with van der Waals surface area (Å²) in [5, 5.41) is 8.68. The van der Waals surface area contributed by atoms with Crippen LogP contribution in [-0.4, -0.2) is 34.9 Å². The van der Waals surface area contributed by atoms with Crippen molar-refractivity contribution in [1.82, 2.24) is 4.90 Å². The normalized spacial score (nSPS) is 22.8. The van der Waals surface area contributed by atoms with Crippen LogP contribution in [0.15, 0.2) is 0 Å². The number of carbonyl (C=O) groups is 1. The van der Waals surface area contributed by atoms with E-state index in [0.717, 1.165) is 18.6 Å². The predicted octanol–water partition coefficient (Wildman–Crippen LogP) is 1.64. The molecule has 0 N–H and O–H groups in total. The minimum absolute atomic E-state index is 0.0358. The summed E-state index contributed by atoms with van der Waals surface area (Å²) >= 11 is 1.74. The zero-order chi connectivity index (χ0) is 10.6. The van der Waals surface area contributed by atoms with Crippen LogP contribution in [0.2, 0.25) is 0 Å². The van der Waals surface area contributed by atoms with Crippen LogP contribution in [-0.2, 0) is 4.79 Å². The fourth-order valence-electron chi connectivity index (χ4n) is 1.49. The number of carbonyl (C=O) groups excluding carboxylic acids is 1. The van der Waals surface area contributed by atoms with E-state index in [2.05, 4.69) is 6.07 Å². The van der Waals surface area contributed by atoms with Crippen LogP contribution in [0, 0.1) is 11.3 Å². The lowest BCUT2D eigenvalue weighted by atomic mass is 10.2. The fraction of sp³-hybridized carbons (Fsp3) is 0.800. The highest BCUT2D eigenvalue weighted by atomic mass is 32.2. The zero-order valence-electron chi connectivity index (χ0n) is 8.69. The first-order valence-electron chi connectivity index (χ1n) is 4.92.